The van der Waals surface area contributed by atoms with Crippen molar-refractivity contribution in [3.63, 3.8) is 0 Å². The third-order valence-electron chi connectivity index (χ3n) is 1.80. The Kier molecular flexibility index (Phi) is 4.21. The number of carboxylic acids is 1. The summed E-state index contributed by atoms with van der Waals surface area (Å²) in [7, 11) is 0. The van der Waals surface area contributed by atoms with Gasteiger partial charge in [-0.05, 0) is 17.5 Å². The predicted octanol–water partition coefficient (Wildman–Crippen LogP) is 2.64. The van der Waals surface area contributed by atoms with Crippen molar-refractivity contribution in [2.24, 2.45) is 0 Å². The van der Waals surface area contributed by atoms with Gasteiger partial charge in [-0.15, -0.1) is 0 Å². The Balaban J connectivity index is 2.54. The van der Waals surface area contributed by atoms with E-state index in [4.69, 9.17) is 5.11 Å². The van der Waals surface area contributed by atoms with Crippen LogP contribution in [0.4, 0.5) is 0 Å². The Morgan fingerprint density at radius 2 is 1.77 bits per heavy atom. The van der Waals surface area contributed by atoms with Crippen molar-refractivity contribution in [3.05, 3.63) is 35.4 Å². The van der Waals surface area contributed by atoms with Crippen LogP contribution < -0.4 is 0 Å². The van der Waals surface area contributed by atoms with Crippen molar-refractivity contribution < 1.29 is 9.90 Å². The fourth-order valence-corrected chi connectivity index (χ4v) is 1.55. The lowest BCUT2D eigenvalue weighted by atomic mass is 10.1. The van der Waals surface area contributed by atoms with E-state index in [1.807, 2.05) is 24.3 Å². The Labute approximate surface area is 91.1 Å². The monoisotopic (exact) mass is 290 g/mol. The highest BCUT2D eigenvalue weighted by Crippen LogP contribution is 2.09. The zero-order valence-corrected chi connectivity index (χ0v) is 9.32. The Bertz CT molecular complexity index is 279. The second kappa shape index (κ2) is 5.21. The van der Waals surface area contributed by atoms with Gasteiger partial charge in [-0.3, -0.25) is 4.79 Å². The normalized spacial score (nSPS) is 9.92. The van der Waals surface area contributed by atoms with Gasteiger partial charge in [-0.1, -0.05) is 46.9 Å². The number of benzene rings is 1. The average Bonchev–Trinajstić information content (AvgIpc) is 2.15. The van der Waals surface area contributed by atoms with Gasteiger partial charge >= 0.3 is 5.97 Å². The summed E-state index contributed by atoms with van der Waals surface area (Å²) < 4.78 is 0.997. The summed E-state index contributed by atoms with van der Waals surface area (Å²) in [5.74, 6) is -0.738. The minimum Gasteiger partial charge on any atom is -0.481 e. The molecule has 70 valence electrons. The maximum absolute atomic E-state index is 10.3. The maximum atomic E-state index is 10.3. The molecule has 2 nitrogen and oxygen atoms in total. The van der Waals surface area contributed by atoms with Crippen LogP contribution in [-0.2, 0) is 15.6 Å². The van der Waals surface area contributed by atoms with Crippen LogP contribution in [0, 0.1) is 0 Å². The SMILES string of the molecule is O=C(O)CCc1ccc(CI)cc1. The van der Waals surface area contributed by atoms with E-state index in [2.05, 4.69) is 22.6 Å². The van der Waals surface area contributed by atoms with Crippen LogP contribution in [0.15, 0.2) is 24.3 Å². The van der Waals surface area contributed by atoms with Gasteiger partial charge in [0.15, 0.2) is 0 Å². The van der Waals surface area contributed by atoms with Crippen LogP contribution >= 0.6 is 22.6 Å². The lowest BCUT2D eigenvalue weighted by Crippen LogP contribution is -1.97. The predicted molar refractivity (Wildman–Crippen MR) is 60.1 cm³/mol. The van der Waals surface area contributed by atoms with Crippen molar-refractivity contribution >= 4 is 28.6 Å². The van der Waals surface area contributed by atoms with E-state index in [9.17, 15) is 4.79 Å². The average molecular weight is 290 g/mol. The molecule has 0 unspecified atom stereocenters. The van der Waals surface area contributed by atoms with E-state index in [0.717, 1.165) is 9.99 Å². The highest BCUT2D eigenvalue weighted by Gasteiger charge is 1.98. The third-order valence-corrected chi connectivity index (χ3v) is 2.69. The fourth-order valence-electron chi connectivity index (χ4n) is 1.05. The molecular weight excluding hydrogens is 279 g/mol. The van der Waals surface area contributed by atoms with Crippen LogP contribution in [0.2, 0.25) is 0 Å². The summed E-state index contributed by atoms with van der Waals surface area (Å²) in [4.78, 5) is 10.3. The minimum absolute atomic E-state index is 0.212. The lowest BCUT2D eigenvalue weighted by molar-refractivity contribution is -0.136. The first-order chi connectivity index (χ1) is 6.22. The second-order valence-corrected chi connectivity index (χ2v) is 3.61. The number of aliphatic carboxylic acids is 1. The molecule has 1 rings (SSSR count). The van der Waals surface area contributed by atoms with Gasteiger partial charge in [0, 0.05) is 10.8 Å². The molecule has 0 atom stereocenters. The number of hydrogen-bond acceptors (Lipinski definition) is 1. The molecule has 0 saturated heterocycles. The van der Waals surface area contributed by atoms with Crippen LogP contribution in [0.25, 0.3) is 0 Å². The number of halogens is 1. The lowest BCUT2D eigenvalue weighted by Gasteiger charge is -1.99. The summed E-state index contributed by atoms with van der Waals surface area (Å²) >= 11 is 2.30. The zero-order valence-electron chi connectivity index (χ0n) is 7.16. The third kappa shape index (κ3) is 3.76. The molecule has 1 aromatic carbocycles. The van der Waals surface area contributed by atoms with E-state index in [1.54, 1.807) is 0 Å². The van der Waals surface area contributed by atoms with Crippen molar-refractivity contribution in [2.45, 2.75) is 17.3 Å². The van der Waals surface area contributed by atoms with Crippen LogP contribution in [-0.4, -0.2) is 11.1 Å². The Morgan fingerprint density at radius 1 is 1.23 bits per heavy atom. The molecule has 13 heavy (non-hydrogen) atoms. The number of carboxylic acid groups (broad SMARTS) is 1. The van der Waals surface area contributed by atoms with Crippen LogP contribution in [0.3, 0.4) is 0 Å². The van der Waals surface area contributed by atoms with Gasteiger partial charge in [0.05, 0.1) is 0 Å². The van der Waals surface area contributed by atoms with Gasteiger partial charge in [0.2, 0.25) is 0 Å². The molecule has 0 aromatic heterocycles. The molecule has 0 saturated carbocycles. The largest absolute Gasteiger partial charge is 0.481 e. The minimum atomic E-state index is -0.738. The van der Waals surface area contributed by atoms with E-state index < -0.39 is 5.97 Å². The molecule has 1 aromatic rings. The topological polar surface area (TPSA) is 37.3 Å². The number of alkyl halides is 1. The van der Waals surface area contributed by atoms with Crippen LogP contribution in [0.1, 0.15) is 17.5 Å². The summed E-state index contributed by atoms with van der Waals surface area (Å²) in [6.45, 7) is 0. The molecule has 0 fully saturated rings. The van der Waals surface area contributed by atoms with Crippen molar-refractivity contribution in [3.8, 4) is 0 Å². The summed E-state index contributed by atoms with van der Waals surface area (Å²) in [6, 6.07) is 8.08. The van der Waals surface area contributed by atoms with Gasteiger partial charge in [-0.2, -0.15) is 0 Å². The summed E-state index contributed by atoms with van der Waals surface area (Å²) in [5.41, 5.74) is 2.37. The smallest absolute Gasteiger partial charge is 0.303 e. The first-order valence-electron chi connectivity index (χ1n) is 4.08. The zero-order chi connectivity index (χ0) is 9.68. The molecule has 0 bridgehead atoms. The molecule has 0 radical (unpaired) electrons. The number of hydrogen-bond donors (Lipinski definition) is 1. The molecule has 0 aliphatic rings. The van der Waals surface area contributed by atoms with Gasteiger partial charge < -0.3 is 5.11 Å². The van der Waals surface area contributed by atoms with Crippen molar-refractivity contribution in [1.29, 1.82) is 0 Å². The first-order valence-corrected chi connectivity index (χ1v) is 5.60. The molecule has 0 heterocycles. The van der Waals surface area contributed by atoms with Gasteiger partial charge in [-0.25, -0.2) is 0 Å². The Morgan fingerprint density at radius 3 is 2.23 bits per heavy atom. The fraction of sp³-hybridized carbons (Fsp3) is 0.300. The maximum Gasteiger partial charge on any atom is 0.303 e. The van der Waals surface area contributed by atoms with Gasteiger partial charge in [0.1, 0.15) is 0 Å². The van der Waals surface area contributed by atoms with Crippen molar-refractivity contribution in [2.75, 3.05) is 0 Å². The number of rotatable bonds is 4. The Hall–Kier alpha value is -0.580. The van der Waals surface area contributed by atoms with E-state index in [1.165, 1.54) is 5.56 Å². The highest BCUT2D eigenvalue weighted by atomic mass is 127. The van der Waals surface area contributed by atoms with Crippen molar-refractivity contribution in [1.82, 2.24) is 0 Å². The quantitative estimate of drug-likeness (QED) is 0.683. The van der Waals surface area contributed by atoms with Gasteiger partial charge in [0.25, 0.3) is 0 Å². The molecule has 0 amide bonds. The number of aryl methyl sites for hydroxylation is 1. The molecule has 0 aliphatic heterocycles. The summed E-state index contributed by atoms with van der Waals surface area (Å²) in [5, 5.41) is 8.47. The molecule has 1 N–H and O–H groups in total. The second-order valence-electron chi connectivity index (χ2n) is 2.84. The molecule has 0 spiro atoms. The van der Waals surface area contributed by atoms with E-state index >= 15 is 0 Å². The number of carbonyl (C=O) groups is 1. The van der Waals surface area contributed by atoms with E-state index in [0.29, 0.717) is 6.42 Å². The molecule has 0 aliphatic carbocycles. The highest BCUT2D eigenvalue weighted by molar-refractivity contribution is 14.1. The standard InChI is InChI=1S/C10H11IO2/c11-7-9-3-1-8(2-4-9)5-6-10(12)13/h1-4H,5-7H2,(H,12,13). The molecule has 3 heteroatoms. The molecular formula is C10H11IO2. The van der Waals surface area contributed by atoms with Crippen LogP contribution in [0.5, 0.6) is 0 Å². The summed E-state index contributed by atoms with van der Waals surface area (Å²) in [6.07, 6.45) is 0.834. The first kappa shape index (κ1) is 10.5. The van der Waals surface area contributed by atoms with E-state index in [-0.39, 0.29) is 6.42 Å².